The molecule has 2 rings (SSSR count). The fraction of sp³-hybridized carbons (Fsp3) is 0.692. The average Bonchev–Trinajstić information content (AvgIpc) is 2.29. The molecule has 4 nitrogen and oxygen atoms in total. The molecular weight excluding hydrogens is 212 g/mol. The SMILES string of the molecule is CN1CCN(c2cnncc2C(C)(C)C)CC1. The zero-order chi connectivity index (χ0) is 12.5. The van der Waals surface area contributed by atoms with Gasteiger partial charge in [0.15, 0.2) is 0 Å². The molecule has 1 aromatic heterocycles. The molecule has 0 atom stereocenters. The summed E-state index contributed by atoms with van der Waals surface area (Å²) in [5.41, 5.74) is 2.66. The minimum Gasteiger partial charge on any atom is -0.367 e. The van der Waals surface area contributed by atoms with Crippen LogP contribution in [0.25, 0.3) is 0 Å². The first-order valence-corrected chi connectivity index (χ1v) is 6.23. The third kappa shape index (κ3) is 2.75. The minimum atomic E-state index is 0.120. The van der Waals surface area contributed by atoms with Gasteiger partial charge in [0.1, 0.15) is 0 Å². The maximum atomic E-state index is 4.05. The molecule has 1 aliphatic rings. The molecule has 0 bridgehead atoms. The van der Waals surface area contributed by atoms with E-state index in [2.05, 4.69) is 47.8 Å². The summed E-state index contributed by atoms with van der Waals surface area (Å²) in [5.74, 6) is 0. The largest absolute Gasteiger partial charge is 0.367 e. The van der Waals surface area contributed by atoms with Gasteiger partial charge in [-0.3, -0.25) is 0 Å². The predicted octanol–water partition coefficient (Wildman–Crippen LogP) is 1.53. The van der Waals surface area contributed by atoms with Crippen molar-refractivity contribution in [2.24, 2.45) is 0 Å². The molecule has 0 saturated carbocycles. The molecular formula is C13H22N4. The van der Waals surface area contributed by atoms with Crippen molar-refractivity contribution in [1.29, 1.82) is 0 Å². The van der Waals surface area contributed by atoms with Gasteiger partial charge in [-0.1, -0.05) is 20.8 Å². The van der Waals surface area contributed by atoms with E-state index in [4.69, 9.17) is 0 Å². The lowest BCUT2D eigenvalue weighted by atomic mass is 9.87. The maximum absolute atomic E-state index is 4.05. The van der Waals surface area contributed by atoms with Crippen LogP contribution in [0.2, 0.25) is 0 Å². The molecule has 0 aliphatic carbocycles. The van der Waals surface area contributed by atoms with E-state index in [0.29, 0.717) is 0 Å². The predicted molar refractivity (Wildman–Crippen MR) is 70.4 cm³/mol. The molecule has 17 heavy (non-hydrogen) atoms. The Morgan fingerprint density at radius 3 is 2.18 bits per heavy atom. The molecule has 0 spiro atoms. The molecule has 1 saturated heterocycles. The average molecular weight is 234 g/mol. The highest BCUT2D eigenvalue weighted by Crippen LogP contribution is 2.30. The van der Waals surface area contributed by atoms with Crippen LogP contribution in [0.3, 0.4) is 0 Å². The van der Waals surface area contributed by atoms with E-state index in [9.17, 15) is 0 Å². The van der Waals surface area contributed by atoms with Gasteiger partial charge < -0.3 is 9.80 Å². The molecule has 1 fully saturated rings. The van der Waals surface area contributed by atoms with Gasteiger partial charge >= 0.3 is 0 Å². The Hall–Kier alpha value is -1.16. The molecule has 0 radical (unpaired) electrons. The zero-order valence-corrected chi connectivity index (χ0v) is 11.3. The molecule has 4 heteroatoms. The molecule has 0 amide bonds. The second kappa shape index (κ2) is 4.61. The summed E-state index contributed by atoms with van der Waals surface area (Å²) in [5, 5.41) is 8.08. The van der Waals surface area contributed by atoms with Gasteiger partial charge in [0.25, 0.3) is 0 Å². The number of nitrogens with zero attached hydrogens (tertiary/aromatic N) is 4. The lowest BCUT2D eigenvalue weighted by molar-refractivity contribution is 0.312. The van der Waals surface area contributed by atoms with Crippen LogP contribution in [-0.4, -0.2) is 48.3 Å². The molecule has 1 aromatic rings. The van der Waals surface area contributed by atoms with Gasteiger partial charge in [0.2, 0.25) is 0 Å². The van der Waals surface area contributed by atoms with E-state index >= 15 is 0 Å². The van der Waals surface area contributed by atoms with Gasteiger partial charge in [-0.25, -0.2) is 0 Å². The van der Waals surface area contributed by atoms with Gasteiger partial charge in [0.05, 0.1) is 18.1 Å². The number of hydrogen-bond donors (Lipinski definition) is 0. The second-order valence-corrected chi connectivity index (χ2v) is 5.83. The smallest absolute Gasteiger partial charge is 0.0733 e. The normalized spacial score (nSPS) is 18.5. The zero-order valence-electron chi connectivity index (χ0n) is 11.3. The molecule has 2 heterocycles. The fourth-order valence-electron chi connectivity index (χ4n) is 2.19. The summed E-state index contributed by atoms with van der Waals surface area (Å²) < 4.78 is 0. The van der Waals surface area contributed by atoms with Crippen molar-refractivity contribution >= 4 is 5.69 Å². The van der Waals surface area contributed by atoms with E-state index in [1.54, 1.807) is 0 Å². The van der Waals surface area contributed by atoms with Crippen molar-refractivity contribution in [2.45, 2.75) is 26.2 Å². The number of hydrogen-bond acceptors (Lipinski definition) is 4. The van der Waals surface area contributed by atoms with Crippen LogP contribution in [-0.2, 0) is 5.41 Å². The van der Waals surface area contributed by atoms with Gasteiger partial charge in [-0.05, 0) is 12.5 Å². The van der Waals surface area contributed by atoms with Crippen molar-refractivity contribution < 1.29 is 0 Å². The summed E-state index contributed by atoms with van der Waals surface area (Å²) in [4.78, 5) is 4.79. The number of anilines is 1. The molecule has 0 N–H and O–H groups in total. The molecule has 0 unspecified atom stereocenters. The number of piperazine rings is 1. The summed E-state index contributed by atoms with van der Waals surface area (Å²) in [6, 6.07) is 0. The monoisotopic (exact) mass is 234 g/mol. The van der Waals surface area contributed by atoms with E-state index in [1.165, 1.54) is 11.3 Å². The van der Waals surface area contributed by atoms with Crippen molar-refractivity contribution in [3.05, 3.63) is 18.0 Å². The Balaban J connectivity index is 2.26. The Kier molecular flexibility index (Phi) is 3.33. The fourth-order valence-corrected chi connectivity index (χ4v) is 2.19. The third-order valence-corrected chi connectivity index (χ3v) is 3.36. The molecule has 0 aromatic carbocycles. The topological polar surface area (TPSA) is 32.3 Å². The highest BCUT2D eigenvalue weighted by atomic mass is 15.3. The number of likely N-dealkylation sites (N-methyl/N-ethyl adjacent to an activating group) is 1. The van der Waals surface area contributed by atoms with E-state index < -0.39 is 0 Å². The van der Waals surface area contributed by atoms with Gasteiger partial charge in [-0.15, -0.1) is 0 Å². The van der Waals surface area contributed by atoms with Crippen molar-refractivity contribution in [3.63, 3.8) is 0 Å². The Labute approximate surface area is 104 Å². The first-order chi connectivity index (χ1) is 7.98. The third-order valence-electron chi connectivity index (χ3n) is 3.36. The number of aromatic nitrogens is 2. The number of rotatable bonds is 1. The van der Waals surface area contributed by atoms with Crippen LogP contribution in [0.5, 0.6) is 0 Å². The maximum Gasteiger partial charge on any atom is 0.0733 e. The first-order valence-electron chi connectivity index (χ1n) is 6.23. The Morgan fingerprint density at radius 2 is 1.59 bits per heavy atom. The molecule has 94 valence electrons. The van der Waals surface area contributed by atoms with Crippen LogP contribution in [0.1, 0.15) is 26.3 Å². The van der Waals surface area contributed by atoms with Gasteiger partial charge in [-0.2, -0.15) is 10.2 Å². The summed E-state index contributed by atoms with van der Waals surface area (Å²) in [7, 11) is 2.17. The van der Waals surface area contributed by atoms with E-state index in [1.807, 2.05) is 12.4 Å². The first kappa shape index (κ1) is 12.3. The van der Waals surface area contributed by atoms with E-state index in [0.717, 1.165) is 26.2 Å². The Morgan fingerprint density at radius 1 is 1.00 bits per heavy atom. The van der Waals surface area contributed by atoms with Crippen LogP contribution in [0.15, 0.2) is 12.4 Å². The standard InChI is InChI=1S/C13H22N4/c1-13(2,3)11-9-14-15-10-12(11)17-7-5-16(4)6-8-17/h9-10H,5-8H2,1-4H3. The van der Waals surface area contributed by atoms with Crippen LogP contribution in [0.4, 0.5) is 5.69 Å². The molecule has 1 aliphatic heterocycles. The van der Waals surface area contributed by atoms with Gasteiger partial charge in [0, 0.05) is 31.7 Å². The highest BCUT2D eigenvalue weighted by molar-refractivity contribution is 5.54. The van der Waals surface area contributed by atoms with Crippen LogP contribution in [0, 0.1) is 0 Å². The van der Waals surface area contributed by atoms with Crippen molar-refractivity contribution in [1.82, 2.24) is 15.1 Å². The van der Waals surface area contributed by atoms with Crippen molar-refractivity contribution in [3.8, 4) is 0 Å². The van der Waals surface area contributed by atoms with Crippen molar-refractivity contribution in [2.75, 3.05) is 38.1 Å². The Bertz CT molecular complexity index is 375. The summed E-state index contributed by atoms with van der Waals surface area (Å²) in [6.45, 7) is 11.1. The summed E-state index contributed by atoms with van der Waals surface area (Å²) >= 11 is 0. The van der Waals surface area contributed by atoms with Crippen LogP contribution < -0.4 is 4.90 Å². The van der Waals surface area contributed by atoms with E-state index in [-0.39, 0.29) is 5.41 Å². The minimum absolute atomic E-state index is 0.120. The highest BCUT2D eigenvalue weighted by Gasteiger charge is 2.23. The summed E-state index contributed by atoms with van der Waals surface area (Å²) in [6.07, 6.45) is 3.82. The lowest BCUT2D eigenvalue weighted by Gasteiger charge is -2.36. The second-order valence-electron chi connectivity index (χ2n) is 5.83. The van der Waals surface area contributed by atoms with Crippen LogP contribution >= 0.6 is 0 Å². The quantitative estimate of drug-likeness (QED) is 0.737. The lowest BCUT2D eigenvalue weighted by Crippen LogP contribution is -2.45.